The highest BCUT2D eigenvalue weighted by Gasteiger charge is 2.27. The average Bonchev–Trinajstić information content (AvgIpc) is 2.16. The van der Waals surface area contributed by atoms with Crippen LogP contribution >= 0.6 is 0 Å². The van der Waals surface area contributed by atoms with Gasteiger partial charge in [-0.3, -0.25) is 4.90 Å². The quantitative estimate of drug-likeness (QED) is 0.763. The first-order valence-corrected chi connectivity index (χ1v) is 8.06. The Kier molecular flexibility index (Phi) is 4.95. The van der Waals surface area contributed by atoms with E-state index in [1.807, 2.05) is 0 Å². The van der Waals surface area contributed by atoms with Crippen LogP contribution in [0, 0.1) is 0 Å². The molecule has 6 heteroatoms. The molecule has 2 N–H and O–H groups in total. The van der Waals surface area contributed by atoms with Crippen molar-refractivity contribution in [2.45, 2.75) is 32.2 Å². The van der Waals surface area contributed by atoms with Crippen molar-refractivity contribution in [1.82, 2.24) is 9.21 Å². The summed E-state index contributed by atoms with van der Waals surface area (Å²) in [4.78, 5) is 2.26. The molecule has 1 aliphatic rings. The summed E-state index contributed by atoms with van der Waals surface area (Å²) in [5.41, 5.74) is 6.04. The summed E-state index contributed by atoms with van der Waals surface area (Å²) >= 11 is 0. The van der Waals surface area contributed by atoms with Crippen molar-refractivity contribution in [1.29, 1.82) is 0 Å². The van der Waals surface area contributed by atoms with Crippen LogP contribution in [0.5, 0.6) is 0 Å². The van der Waals surface area contributed by atoms with Crippen LogP contribution in [0.2, 0.25) is 0 Å². The predicted molar refractivity (Wildman–Crippen MR) is 70.4 cm³/mol. The molecule has 0 spiro atoms. The van der Waals surface area contributed by atoms with E-state index in [2.05, 4.69) is 18.7 Å². The molecule has 0 saturated carbocycles. The van der Waals surface area contributed by atoms with Crippen molar-refractivity contribution in [2.24, 2.45) is 5.73 Å². The van der Waals surface area contributed by atoms with E-state index in [9.17, 15) is 8.42 Å². The van der Waals surface area contributed by atoms with Crippen LogP contribution in [0.25, 0.3) is 0 Å². The van der Waals surface area contributed by atoms with Crippen molar-refractivity contribution in [3.8, 4) is 0 Å². The van der Waals surface area contributed by atoms with E-state index in [0.29, 0.717) is 13.1 Å². The van der Waals surface area contributed by atoms with Gasteiger partial charge in [-0.1, -0.05) is 13.3 Å². The van der Waals surface area contributed by atoms with Crippen LogP contribution < -0.4 is 5.73 Å². The number of sulfonamides is 1. The van der Waals surface area contributed by atoms with Gasteiger partial charge in [-0.25, -0.2) is 8.42 Å². The first-order chi connectivity index (χ1) is 7.74. The monoisotopic (exact) mass is 263 g/mol. The molecule has 0 aliphatic carbocycles. The zero-order valence-electron chi connectivity index (χ0n) is 11.1. The van der Waals surface area contributed by atoms with Crippen LogP contribution in [0.1, 0.15) is 26.7 Å². The largest absolute Gasteiger partial charge is 0.324 e. The minimum atomic E-state index is -3.03. The van der Waals surface area contributed by atoms with Gasteiger partial charge in [0.15, 0.2) is 0 Å². The summed E-state index contributed by atoms with van der Waals surface area (Å²) in [6.45, 7) is 7.78. The molecule has 1 rings (SSSR count). The van der Waals surface area contributed by atoms with E-state index in [1.165, 1.54) is 10.6 Å². The van der Waals surface area contributed by atoms with Gasteiger partial charge in [-0.05, 0) is 13.3 Å². The van der Waals surface area contributed by atoms with E-state index in [1.54, 1.807) is 0 Å². The van der Waals surface area contributed by atoms with E-state index in [0.717, 1.165) is 32.5 Å². The average molecular weight is 263 g/mol. The van der Waals surface area contributed by atoms with Crippen LogP contribution in [-0.2, 0) is 10.0 Å². The zero-order chi connectivity index (χ0) is 13.1. The predicted octanol–water partition coefficient (Wildman–Crippen LogP) is 0.0811. The summed E-state index contributed by atoms with van der Waals surface area (Å²) in [6, 6.07) is 0. The first kappa shape index (κ1) is 14.9. The lowest BCUT2D eigenvalue weighted by Gasteiger charge is -2.37. The van der Waals surface area contributed by atoms with Gasteiger partial charge in [-0.15, -0.1) is 0 Å². The number of rotatable bonds is 5. The molecule has 0 aromatic rings. The van der Waals surface area contributed by atoms with Gasteiger partial charge in [0.25, 0.3) is 0 Å². The fourth-order valence-corrected chi connectivity index (χ4v) is 3.21. The number of hydrogen-bond acceptors (Lipinski definition) is 4. The van der Waals surface area contributed by atoms with Crippen molar-refractivity contribution < 1.29 is 8.42 Å². The Labute approximate surface area is 105 Å². The normalized spacial score (nSPS) is 23.5. The van der Waals surface area contributed by atoms with Gasteiger partial charge in [0.05, 0.1) is 6.26 Å². The second kappa shape index (κ2) is 5.65. The molecule has 1 heterocycles. The Hall–Kier alpha value is -0.170. The Morgan fingerprint density at radius 1 is 1.24 bits per heavy atom. The Morgan fingerprint density at radius 2 is 1.76 bits per heavy atom. The molecular weight excluding hydrogens is 238 g/mol. The summed E-state index contributed by atoms with van der Waals surface area (Å²) in [7, 11) is -3.03. The van der Waals surface area contributed by atoms with Crippen LogP contribution in [0.15, 0.2) is 0 Å². The maximum Gasteiger partial charge on any atom is 0.211 e. The SMILES string of the molecule is CCCC(C)(N)CN1CCN(S(C)(=O)=O)CC1. The van der Waals surface area contributed by atoms with E-state index in [4.69, 9.17) is 5.73 Å². The third-order valence-corrected chi connectivity index (χ3v) is 4.51. The molecule has 0 bridgehead atoms. The molecule has 1 saturated heterocycles. The number of hydrogen-bond donors (Lipinski definition) is 1. The minimum absolute atomic E-state index is 0.165. The lowest BCUT2D eigenvalue weighted by Crippen LogP contribution is -2.54. The van der Waals surface area contributed by atoms with Gasteiger partial charge in [-0.2, -0.15) is 4.31 Å². The van der Waals surface area contributed by atoms with E-state index in [-0.39, 0.29) is 5.54 Å². The van der Waals surface area contributed by atoms with Crippen molar-refractivity contribution in [2.75, 3.05) is 39.0 Å². The minimum Gasteiger partial charge on any atom is -0.324 e. The highest BCUT2D eigenvalue weighted by atomic mass is 32.2. The van der Waals surface area contributed by atoms with Gasteiger partial charge < -0.3 is 5.73 Å². The second-order valence-corrected chi connectivity index (χ2v) is 7.32. The van der Waals surface area contributed by atoms with Crippen molar-refractivity contribution in [3.63, 3.8) is 0 Å². The molecule has 1 fully saturated rings. The van der Waals surface area contributed by atoms with Crippen LogP contribution in [-0.4, -0.2) is 62.1 Å². The molecule has 0 amide bonds. The molecule has 5 nitrogen and oxygen atoms in total. The van der Waals surface area contributed by atoms with E-state index < -0.39 is 10.0 Å². The number of nitrogens with zero attached hydrogens (tertiary/aromatic N) is 2. The van der Waals surface area contributed by atoms with Gasteiger partial charge in [0, 0.05) is 38.3 Å². The molecule has 102 valence electrons. The van der Waals surface area contributed by atoms with Gasteiger partial charge in [0.2, 0.25) is 10.0 Å². The first-order valence-electron chi connectivity index (χ1n) is 6.21. The Bertz CT molecular complexity index is 333. The molecule has 0 aromatic heterocycles. The Balaban J connectivity index is 2.43. The van der Waals surface area contributed by atoms with Crippen LogP contribution in [0.4, 0.5) is 0 Å². The summed E-state index contributed by atoms with van der Waals surface area (Å²) < 4.78 is 24.3. The third kappa shape index (κ3) is 4.91. The fourth-order valence-electron chi connectivity index (χ4n) is 2.38. The molecule has 0 aromatic carbocycles. The smallest absolute Gasteiger partial charge is 0.211 e. The molecule has 1 atom stereocenters. The number of nitrogens with two attached hydrogens (primary N) is 1. The lowest BCUT2D eigenvalue weighted by molar-refractivity contribution is 0.153. The molecule has 17 heavy (non-hydrogen) atoms. The standard InChI is InChI=1S/C11H25N3O2S/c1-4-5-11(2,12)10-13-6-8-14(9-7-13)17(3,15)16/h4-10,12H2,1-3H3. The maximum absolute atomic E-state index is 11.4. The van der Waals surface area contributed by atoms with Crippen molar-refractivity contribution in [3.05, 3.63) is 0 Å². The molecular formula is C11H25N3O2S. The highest BCUT2D eigenvalue weighted by Crippen LogP contribution is 2.13. The van der Waals surface area contributed by atoms with E-state index >= 15 is 0 Å². The number of piperazine rings is 1. The summed E-state index contributed by atoms with van der Waals surface area (Å²) in [6.07, 6.45) is 3.35. The van der Waals surface area contributed by atoms with Crippen LogP contribution in [0.3, 0.4) is 0 Å². The fraction of sp³-hybridized carbons (Fsp3) is 1.00. The van der Waals surface area contributed by atoms with Gasteiger partial charge in [0.1, 0.15) is 0 Å². The Morgan fingerprint density at radius 3 is 2.18 bits per heavy atom. The third-order valence-electron chi connectivity index (χ3n) is 3.21. The topological polar surface area (TPSA) is 66.6 Å². The highest BCUT2D eigenvalue weighted by molar-refractivity contribution is 7.88. The zero-order valence-corrected chi connectivity index (χ0v) is 12.0. The second-order valence-electron chi connectivity index (χ2n) is 5.34. The summed E-state index contributed by atoms with van der Waals surface area (Å²) in [5.74, 6) is 0. The lowest BCUT2D eigenvalue weighted by atomic mass is 9.96. The van der Waals surface area contributed by atoms with Gasteiger partial charge >= 0.3 is 0 Å². The molecule has 0 radical (unpaired) electrons. The summed E-state index contributed by atoms with van der Waals surface area (Å²) in [5, 5.41) is 0. The maximum atomic E-state index is 11.4. The molecule has 1 aliphatic heterocycles. The van der Waals surface area contributed by atoms with Crippen molar-refractivity contribution >= 4 is 10.0 Å². The molecule has 1 unspecified atom stereocenters.